The molecule has 0 amide bonds. The molecule has 0 heterocycles. The number of benzene rings is 2. The van der Waals surface area contributed by atoms with Crippen LogP contribution < -0.4 is 9.64 Å². The van der Waals surface area contributed by atoms with Gasteiger partial charge in [-0.05, 0) is 36.2 Å². The molecule has 0 radical (unpaired) electrons. The Kier molecular flexibility index (Phi) is 4.33. The van der Waals surface area contributed by atoms with Crippen molar-refractivity contribution in [1.29, 1.82) is 0 Å². The molecule has 0 fully saturated rings. The minimum atomic E-state index is 0.788. The van der Waals surface area contributed by atoms with Gasteiger partial charge in [-0.15, -0.1) is 0 Å². The van der Waals surface area contributed by atoms with E-state index in [4.69, 9.17) is 16.3 Å². The van der Waals surface area contributed by atoms with Crippen molar-refractivity contribution >= 4 is 17.3 Å². The fourth-order valence-corrected chi connectivity index (χ4v) is 2.56. The maximum atomic E-state index is 6.28. The van der Waals surface area contributed by atoms with Gasteiger partial charge >= 0.3 is 0 Å². The van der Waals surface area contributed by atoms with Gasteiger partial charge in [0, 0.05) is 13.6 Å². The molecule has 0 atom stereocenters. The minimum absolute atomic E-state index is 0.788. The lowest BCUT2D eigenvalue weighted by Gasteiger charge is -2.23. The molecule has 2 aromatic rings. The zero-order valence-corrected chi connectivity index (χ0v) is 12.2. The Morgan fingerprint density at radius 3 is 2.37 bits per heavy atom. The van der Waals surface area contributed by atoms with E-state index in [9.17, 15) is 0 Å². The average molecular weight is 276 g/mol. The highest BCUT2D eigenvalue weighted by Gasteiger charge is 2.09. The van der Waals surface area contributed by atoms with E-state index in [-0.39, 0.29) is 0 Å². The standard InChI is InChI=1S/C16H18ClNO/c1-12-5-4-6-15(17)16(12)18(2)11-13-7-9-14(19-3)10-8-13/h4-10H,11H2,1-3H3. The number of rotatable bonds is 4. The van der Waals surface area contributed by atoms with Crippen molar-refractivity contribution in [3.63, 3.8) is 0 Å². The van der Waals surface area contributed by atoms with Gasteiger partial charge in [0.1, 0.15) is 5.75 Å². The second-order valence-electron chi connectivity index (χ2n) is 4.61. The van der Waals surface area contributed by atoms with Crippen LogP contribution in [0.4, 0.5) is 5.69 Å². The van der Waals surface area contributed by atoms with Crippen molar-refractivity contribution in [2.45, 2.75) is 13.5 Å². The third-order valence-electron chi connectivity index (χ3n) is 3.15. The number of anilines is 1. The zero-order chi connectivity index (χ0) is 13.8. The third kappa shape index (κ3) is 3.21. The predicted octanol–water partition coefficient (Wildman–Crippen LogP) is 4.29. The molecule has 0 N–H and O–H groups in total. The Labute approximate surface area is 119 Å². The van der Waals surface area contributed by atoms with Crippen molar-refractivity contribution in [1.82, 2.24) is 0 Å². The molecule has 2 aromatic carbocycles. The Hall–Kier alpha value is -1.67. The quantitative estimate of drug-likeness (QED) is 0.825. The number of ether oxygens (including phenoxy) is 1. The lowest BCUT2D eigenvalue weighted by atomic mass is 10.1. The molecule has 2 nitrogen and oxygen atoms in total. The summed E-state index contributed by atoms with van der Waals surface area (Å²) in [6.07, 6.45) is 0. The maximum Gasteiger partial charge on any atom is 0.118 e. The van der Waals surface area contributed by atoms with Gasteiger partial charge in [-0.1, -0.05) is 35.9 Å². The number of halogens is 1. The van der Waals surface area contributed by atoms with Crippen LogP contribution in [0.15, 0.2) is 42.5 Å². The van der Waals surface area contributed by atoms with Crippen molar-refractivity contribution in [2.24, 2.45) is 0 Å². The van der Waals surface area contributed by atoms with Crippen LogP contribution in [0.25, 0.3) is 0 Å². The number of hydrogen-bond donors (Lipinski definition) is 0. The van der Waals surface area contributed by atoms with E-state index in [1.165, 1.54) is 11.1 Å². The first-order valence-electron chi connectivity index (χ1n) is 6.21. The number of hydrogen-bond acceptors (Lipinski definition) is 2. The minimum Gasteiger partial charge on any atom is -0.497 e. The van der Waals surface area contributed by atoms with E-state index in [1.54, 1.807) is 7.11 Å². The summed E-state index contributed by atoms with van der Waals surface area (Å²) in [4.78, 5) is 2.17. The summed E-state index contributed by atoms with van der Waals surface area (Å²) in [5.74, 6) is 0.875. The first-order valence-corrected chi connectivity index (χ1v) is 6.59. The van der Waals surface area contributed by atoms with Gasteiger partial charge < -0.3 is 9.64 Å². The van der Waals surface area contributed by atoms with Crippen molar-refractivity contribution in [3.05, 3.63) is 58.6 Å². The van der Waals surface area contributed by atoms with Crippen LogP contribution in [-0.4, -0.2) is 14.2 Å². The first-order chi connectivity index (χ1) is 9.11. The van der Waals surface area contributed by atoms with E-state index in [0.717, 1.165) is 23.0 Å². The summed E-state index contributed by atoms with van der Waals surface area (Å²) in [5, 5.41) is 0.788. The molecule has 2 rings (SSSR count). The highest BCUT2D eigenvalue weighted by atomic mass is 35.5. The summed E-state index contributed by atoms with van der Waals surface area (Å²) < 4.78 is 5.16. The van der Waals surface area contributed by atoms with E-state index in [2.05, 4.69) is 37.1 Å². The fraction of sp³-hybridized carbons (Fsp3) is 0.250. The topological polar surface area (TPSA) is 12.5 Å². The summed E-state index contributed by atoms with van der Waals surface area (Å²) in [6.45, 7) is 2.89. The van der Waals surface area contributed by atoms with Gasteiger partial charge in [0.05, 0.1) is 17.8 Å². The Balaban J connectivity index is 2.18. The van der Waals surface area contributed by atoms with Crippen LogP contribution >= 0.6 is 11.6 Å². The normalized spacial score (nSPS) is 10.3. The summed E-state index contributed by atoms with van der Waals surface area (Å²) in [5.41, 5.74) is 3.49. The number of nitrogens with zero attached hydrogens (tertiary/aromatic N) is 1. The van der Waals surface area contributed by atoms with Crippen LogP contribution in [0.1, 0.15) is 11.1 Å². The molecule has 0 saturated carbocycles. The molecule has 0 aliphatic rings. The molecule has 0 aromatic heterocycles. The molecule has 3 heteroatoms. The van der Waals surface area contributed by atoms with Crippen molar-refractivity contribution < 1.29 is 4.74 Å². The molecular formula is C16H18ClNO. The Morgan fingerprint density at radius 1 is 1.11 bits per heavy atom. The van der Waals surface area contributed by atoms with Crippen LogP contribution in [-0.2, 0) is 6.54 Å². The molecule has 0 saturated heterocycles. The summed E-state index contributed by atoms with van der Waals surface area (Å²) in [7, 11) is 3.73. The van der Waals surface area contributed by atoms with Gasteiger partial charge in [0.2, 0.25) is 0 Å². The highest BCUT2D eigenvalue weighted by molar-refractivity contribution is 6.33. The van der Waals surface area contributed by atoms with Crippen LogP contribution in [0, 0.1) is 6.92 Å². The Bertz CT molecular complexity index is 531. The second kappa shape index (κ2) is 5.98. The molecule has 0 aliphatic carbocycles. The molecular weight excluding hydrogens is 258 g/mol. The van der Waals surface area contributed by atoms with Gasteiger partial charge in [0.25, 0.3) is 0 Å². The van der Waals surface area contributed by atoms with E-state index in [1.807, 2.05) is 24.3 Å². The second-order valence-corrected chi connectivity index (χ2v) is 5.02. The first kappa shape index (κ1) is 13.8. The van der Waals surface area contributed by atoms with E-state index < -0.39 is 0 Å². The lowest BCUT2D eigenvalue weighted by Crippen LogP contribution is -2.17. The number of methoxy groups -OCH3 is 1. The molecule has 0 bridgehead atoms. The molecule has 0 unspecified atom stereocenters. The van der Waals surface area contributed by atoms with Crippen LogP contribution in [0.2, 0.25) is 5.02 Å². The maximum absolute atomic E-state index is 6.28. The number of aryl methyl sites for hydroxylation is 1. The summed E-state index contributed by atoms with van der Waals surface area (Å²) in [6, 6.07) is 14.1. The lowest BCUT2D eigenvalue weighted by molar-refractivity contribution is 0.414. The Morgan fingerprint density at radius 2 is 1.79 bits per heavy atom. The van der Waals surface area contributed by atoms with Gasteiger partial charge in [0.15, 0.2) is 0 Å². The van der Waals surface area contributed by atoms with Crippen LogP contribution in [0.3, 0.4) is 0 Å². The smallest absolute Gasteiger partial charge is 0.118 e. The van der Waals surface area contributed by atoms with E-state index in [0.29, 0.717) is 0 Å². The van der Waals surface area contributed by atoms with Crippen molar-refractivity contribution in [3.8, 4) is 5.75 Å². The predicted molar refractivity (Wildman–Crippen MR) is 81.3 cm³/mol. The van der Waals surface area contributed by atoms with Gasteiger partial charge in [-0.25, -0.2) is 0 Å². The molecule has 100 valence electrons. The fourth-order valence-electron chi connectivity index (χ4n) is 2.19. The summed E-state index contributed by atoms with van der Waals surface area (Å²) >= 11 is 6.28. The van der Waals surface area contributed by atoms with Gasteiger partial charge in [-0.2, -0.15) is 0 Å². The average Bonchev–Trinajstić information content (AvgIpc) is 2.39. The zero-order valence-electron chi connectivity index (χ0n) is 11.5. The third-order valence-corrected chi connectivity index (χ3v) is 3.45. The number of para-hydroxylation sites is 1. The van der Waals surface area contributed by atoms with E-state index >= 15 is 0 Å². The monoisotopic (exact) mass is 275 g/mol. The highest BCUT2D eigenvalue weighted by Crippen LogP contribution is 2.29. The van der Waals surface area contributed by atoms with Crippen LogP contribution in [0.5, 0.6) is 5.75 Å². The molecule has 0 aliphatic heterocycles. The molecule has 0 spiro atoms. The largest absolute Gasteiger partial charge is 0.497 e. The molecule has 19 heavy (non-hydrogen) atoms. The SMILES string of the molecule is COc1ccc(CN(C)c2c(C)cccc2Cl)cc1. The van der Waals surface area contributed by atoms with Gasteiger partial charge in [-0.3, -0.25) is 0 Å². The van der Waals surface area contributed by atoms with Crippen molar-refractivity contribution in [2.75, 3.05) is 19.1 Å².